The molecular formula is C84H92N12O13. The van der Waals surface area contributed by atoms with E-state index in [4.69, 9.17) is 25.1 Å². The van der Waals surface area contributed by atoms with Crippen molar-refractivity contribution >= 4 is 34.3 Å². The van der Waals surface area contributed by atoms with Crippen molar-refractivity contribution in [2.75, 3.05) is 78.9 Å². The lowest BCUT2D eigenvalue weighted by molar-refractivity contribution is -0.0140. The average molecular weight is 1480 g/mol. The van der Waals surface area contributed by atoms with Gasteiger partial charge in [0, 0.05) is 97.3 Å². The zero-order valence-corrected chi connectivity index (χ0v) is 60.8. The number of aromatic carboxylic acids is 1. The fourth-order valence-electron chi connectivity index (χ4n) is 15.5. The van der Waals surface area contributed by atoms with Gasteiger partial charge in [-0.2, -0.15) is 15.8 Å². The number of nitrogens with one attached hydrogen (secondary N) is 2. The predicted octanol–water partition coefficient (Wildman–Crippen LogP) is 6.62. The highest BCUT2D eigenvalue weighted by molar-refractivity contribution is 5.95. The van der Waals surface area contributed by atoms with Crippen LogP contribution in [0.4, 0.5) is 0 Å². The van der Waals surface area contributed by atoms with E-state index >= 15 is 0 Å². The number of nitrogens with two attached hydrogens (primary N) is 1. The van der Waals surface area contributed by atoms with Crippen LogP contribution in [0.2, 0.25) is 0 Å². The average Bonchev–Trinajstić information content (AvgIpc) is 0.777. The van der Waals surface area contributed by atoms with E-state index in [1.807, 2.05) is 127 Å². The quantitative estimate of drug-likeness (QED) is 0.0601. The smallest absolute Gasteiger partial charge is 0.341 e. The van der Waals surface area contributed by atoms with Crippen molar-refractivity contribution in [1.82, 2.24) is 38.5 Å². The first-order valence-electron chi connectivity index (χ1n) is 37.2. The molecule has 8 N–H and O–H groups in total. The summed E-state index contributed by atoms with van der Waals surface area (Å²) in [5, 5.41) is 74.3. The molecule has 6 saturated heterocycles. The van der Waals surface area contributed by atoms with Crippen molar-refractivity contribution < 1.29 is 49.0 Å². The summed E-state index contributed by atoms with van der Waals surface area (Å²) in [6, 6.07) is 57.4. The SMILES string of the molecule is N#CC1(c2ccccc2)CCN(Cc2cc(C(=O)N[C@H]3COCC[C@@H]3O)c(=O)n3ccccc23)CC1.N#CC1(c2ccccc2)CCN(Cc2cc(C(=O)N[C@H]3COCC[C@@H]3O)c(=O)n3ccccc23)CC1.N#CC1(c2ccccc2)CCN(Cc2cc(C(=O)O)c(=O)n3ccccc23)CC1.N[C@H]1COCC[C@@H]1O. The van der Waals surface area contributed by atoms with Gasteiger partial charge in [0.1, 0.15) is 16.7 Å². The van der Waals surface area contributed by atoms with Gasteiger partial charge in [-0.15, -0.1) is 0 Å². The number of nitrogens with zero attached hydrogens (tertiary/aromatic N) is 9. The number of aliphatic hydroxyl groups excluding tert-OH is 3. The van der Waals surface area contributed by atoms with Crippen molar-refractivity contribution in [3.05, 3.63) is 264 Å². The summed E-state index contributed by atoms with van der Waals surface area (Å²) >= 11 is 0. The van der Waals surface area contributed by atoms with Gasteiger partial charge in [-0.05, 0) is 146 Å². The highest BCUT2D eigenvalue weighted by Crippen LogP contribution is 2.39. The second-order valence-electron chi connectivity index (χ2n) is 29.0. The Morgan fingerprint density at radius 1 is 0.431 bits per heavy atom. The van der Waals surface area contributed by atoms with Gasteiger partial charge in [-0.3, -0.25) is 51.9 Å². The molecule has 0 saturated carbocycles. The number of pyridine rings is 6. The predicted molar refractivity (Wildman–Crippen MR) is 408 cm³/mol. The summed E-state index contributed by atoms with van der Waals surface area (Å²) in [5.74, 6) is -2.25. The molecule has 6 aromatic heterocycles. The number of fused-ring (bicyclic) bond motifs is 3. The number of carboxylic acids is 1. The van der Waals surface area contributed by atoms with Gasteiger partial charge < -0.3 is 51.0 Å². The fraction of sp³-hybridized carbons (Fsp3) is 0.393. The van der Waals surface area contributed by atoms with E-state index in [0.29, 0.717) is 109 Å². The maximum atomic E-state index is 13.2. The number of aliphatic hydroxyl groups is 3. The maximum absolute atomic E-state index is 13.2. The molecular weight excluding hydrogens is 1380 g/mol. The molecule has 0 spiro atoms. The third kappa shape index (κ3) is 17.9. The molecule has 6 atom stereocenters. The van der Waals surface area contributed by atoms with E-state index in [0.717, 1.165) is 83.7 Å². The van der Waals surface area contributed by atoms with Gasteiger partial charge in [-0.25, -0.2) is 4.79 Å². The van der Waals surface area contributed by atoms with E-state index < -0.39 is 75.0 Å². The minimum Gasteiger partial charge on any atom is -0.477 e. The molecule has 25 heteroatoms. The van der Waals surface area contributed by atoms with E-state index in [2.05, 4.69) is 43.5 Å². The minimum absolute atomic E-state index is 0.0409. The summed E-state index contributed by atoms with van der Waals surface area (Å²) in [4.78, 5) is 83.3. The number of carboxylic acid groups (broad SMARTS) is 1. The van der Waals surface area contributed by atoms with Gasteiger partial charge in [0.15, 0.2) is 0 Å². The van der Waals surface area contributed by atoms with Crippen molar-refractivity contribution in [3.8, 4) is 18.2 Å². The highest BCUT2D eigenvalue weighted by atomic mass is 16.5. The van der Waals surface area contributed by atoms with Crippen LogP contribution < -0.4 is 33.0 Å². The maximum Gasteiger partial charge on any atom is 0.341 e. The number of ether oxygens (including phenoxy) is 3. The van der Waals surface area contributed by atoms with Gasteiger partial charge in [0.05, 0.1) is 107 Å². The van der Waals surface area contributed by atoms with Gasteiger partial charge in [0.2, 0.25) is 0 Å². The number of nitriles is 3. The zero-order chi connectivity index (χ0) is 76.7. The number of aromatic nitrogens is 3. The molecule has 0 radical (unpaired) electrons. The second-order valence-corrected chi connectivity index (χ2v) is 29.0. The molecule has 2 amide bonds. The van der Waals surface area contributed by atoms with Gasteiger partial charge in [0.25, 0.3) is 28.5 Å². The number of carbonyl (C=O) groups excluding carboxylic acids is 2. The standard InChI is InChI=1S/2C28H30N4O4.C23H21N3O3.C5H11NO2/c2*29-19-28(21-6-2-1-3-7-21)10-13-31(14-11-28)17-20-16-22(27(35)32-12-5-4-8-24(20)32)26(34)30-23-18-36-15-9-25(23)33;24-16-23(18-6-2-1-3-7-18)9-12-25(13-10-23)15-17-14-19(22(28)29)21(27)26-11-5-4-8-20(17)26;6-4-3-8-2-1-5(4)7/h2*1-8,12,16,23,25,33H,9-11,13-15,17-18H2,(H,30,34);1-8,11,14H,9-10,12-13,15H2,(H,28,29);4-5,7H,1-3,6H2/t2*23-,25-;;4-,5-/m00.0/s1. The fourth-order valence-corrected chi connectivity index (χ4v) is 15.5. The highest BCUT2D eigenvalue weighted by Gasteiger charge is 2.40. The van der Waals surface area contributed by atoms with E-state index in [-0.39, 0.29) is 42.0 Å². The molecule has 15 rings (SSSR count). The van der Waals surface area contributed by atoms with E-state index in [1.54, 1.807) is 48.9 Å². The van der Waals surface area contributed by atoms with Crippen molar-refractivity contribution in [1.29, 1.82) is 15.8 Å². The van der Waals surface area contributed by atoms with Crippen LogP contribution >= 0.6 is 0 Å². The minimum atomic E-state index is -1.22. The molecule has 0 unspecified atom stereocenters. The van der Waals surface area contributed by atoms with Crippen LogP contribution in [0.15, 0.2) is 197 Å². The first kappa shape index (κ1) is 78.0. The third-order valence-corrected chi connectivity index (χ3v) is 22.2. The Hall–Kier alpha value is -10.6. The molecule has 109 heavy (non-hydrogen) atoms. The number of rotatable bonds is 14. The van der Waals surface area contributed by atoms with Crippen LogP contribution in [-0.2, 0) is 50.1 Å². The van der Waals surface area contributed by atoms with Crippen molar-refractivity contribution in [3.63, 3.8) is 0 Å². The van der Waals surface area contributed by atoms with Gasteiger partial charge in [-0.1, -0.05) is 109 Å². The van der Waals surface area contributed by atoms with Gasteiger partial charge >= 0.3 is 5.97 Å². The summed E-state index contributed by atoms with van der Waals surface area (Å²) in [7, 11) is 0. The Balaban J connectivity index is 0.000000145. The van der Waals surface area contributed by atoms with Crippen LogP contribution in [0.5, 0.6) is 0 Å². The molecule has 25 nitrogen and oxygen atoms in total. The summed E-state index contributed by atoms with van der Waals surface area (Å²) < 4.78 is 20.1. The van der Waals surface area contributed by atoms with Crippen LogP contribution in [0.3, 0.4) is 0 Å². The number of carbonyl (C=O) groups is 3. The molecule has 0 aliphatic carbocycles. The Bertz CT molecular complexity index is 4770. The molecule has 566 valence electrons. The molecule has 3 aromatic carbocycles. The number of amides is 2. The van der Waals surface area contributed by atoms with E-state index in [1.165, 1.54) is 19.3 Å². The molecule has 6 fully saturated rings. The summed E-state index contributed by atoms with van der Waals surface area (Å²) in [5.41, 5.74) is 10.3. The largest absolute Gasteiger partial charge is 0.477 e. The lowest BCUT2D eigenvalue weighted by Gasteiger charge is -2.37. The van der Waals surface area contributed by atoms with Crippen molar-refractivity contribution in [2.45, 2.75) is 130 Å². The molecule has 12 heterocycles. The molecule has 6 aliphatic heterocycles. The Kier molecular flexibility index (Phi) is 25.5. The molecule has 6 aliphatic rings. The topological polar surface area (TPSA) is 355 Å². The second kappa shape index (κ2) is 35.6. The first-order chi connectivity index (χ1) is 52.9. The Labute approximate surface area is 631 Å². The number of likely N-dealkylation sites (tertiary alicyclic amines) is 3. The Morgan fingerprint density at radius 2 is 0.725 bits per heavy atom. The van der Waals surface area contributed by atoms with Crippen molar-refractivity contribution in [2.24, 2.45) is 5.73 Å². The Morgan fingerprint density at radius 3 is 1.01 bits per heavy atom. The van der Waals surface area contributed by atoms with Crippen LogP contribution in [-0.4, -0.2) is 181 Å². The van der Waals surface area contributed by atoms with Crippen LogP contribution in [0, 0.1) is 34.0 Å². The molecule has 9 aromatic rings. The number of hydrogen-bond acceptors (Lipinski definition) is 19. The lowest BCUT2D eigenvalue weighted by atomic mass is 9.74. The van der Waals surface area contributed by atoms with Crippen LogP contribution in [0.25, 0.3) is 16.6 Å². The zero-order valence-electron chi connectivity index (χ0n) is 60.8. The summed E-state index contributed by atoms with van der Waals surface area (Å²) in [6.07, 6.45) is 9.02. The van der Waals surface area contributed by atoms with E-state index in [9.17, 15) is 59.9 Å². The summed E-state index contributed by atoms with van der Waals surface area (Å²) in [6.45, 7) is 8.48. The lowest BCUT2D eigenvalue weighted by Crippen LogP contribution is -2.50. The first-order valence-corrected chi connectivity index (χ1v) is 37.2. The number of piperidine rings is 3. The normalized spacial score (nSPS) is 21.9. The molecule has 0 bridgehead atoms. The number of hydrogen-bond donors (Lipinski definition) is 7. The third-order valence-electron chi connectivity index (χ3n) is 22.2. The monoisotopic (exact) mass is 1480 g/mol. The number of benzene rings is 3. The van der Waals surface area contributed by atoms with Crippen LogP contribution in [0.1, 0.15) is 122 Å².